The van der Waals surface area contributed by atoms with Crippen molar-refractivity contribution in [3.05, 3.63) is 0 Å². The molecule has 0 unspecified atom stereocenters. The third-order valence-corrected chi connectivity index (χ3v) is 6.91. The van der Waals surface area contributed by atoms with Crippen LogP contribution in [0.1, 0.15) is 12.8 Å². The molecule has 0 aromatic rings. The number of alkyl halides is 3. The van der Waals surface area contributed by atoms with Gasteiger partial charge in [0, 0.05) is 0 Å². The Bertz CT molecular complexity index is 192. The van der Waals surface area contributed by atoms with Gasteiger partial charge in [0.15, 0.2) is 0 Å². The fraction of sp³-hybridized carbons (Fsp3) is 1.00. The average Bonchev–Trinajstić information content (AvgIpc) is 1.81. The molecular weight excluding hydrogens is 196 g/mol. The molecule has 13 heavy (non-hydrogen) atoms. The predicted molar refractivity (Wildman–Crippen MR) is 57.9 cm³/mol. The monoisotopic (exact) mass is 214 g/mol. The first-order chi connectivity index (χ1) is 5.58. The number of thiol groups is 1. The van der Waals surface area contributed by atoms with Crippen LogP contribution in [0.3, 0.4) is 0 Å². The molecule has 0 aliphatic carbocycles. The van der Waals surface area contributed by atoms with Gasteiger partial charge < -0.3 is 9.01 Å². The van der Waals surface area contributed by atoms with Crippen molar-refractivity contribution in [1.29, 1.82) is 0 Å². The molecule has 80 valence electrons. The second kappa shape index (κ2) is 2.85. The van der Waals surface area contributed by atoms with Gasteiger partial charge >= 0.3 is 6.18 Å². The lowest BCUT2D eigenvalue weighted by molar-refractivity contribution is -0.176. The quantitative estimate of drug-likeness (QED) is 0.461. The van der Waals surface area contributed by atoms with E-state index in [1.165, 1.54) is 0 Å². The summed E-state index contributed by atoms with van der Waals surface area (Å²) in [7, 11) is 0.522. The second-order valence-electron chi connectivity index (χ2n) is 5.73. The molecule has 0 aromatic heterocycles. The highest BCUT2D eigenvalue weighted by atomic mass is 32.3. The standard InChI is InChI=1S/C8H18BF3S/c1-13(2,9)5-3-7(4-6-13)8(10,11)12/h7,13H,3-6,9H2,1-2H3. The normalized spacial score (nSPS) is 36.1. The maximum absolute atomic E-state index is 12.3. The lowest BCUT2D eigenvalue weighted by Gasteiger charge is -2.55. The molecule has 0 aromatic carbocycles. The van der Waals surface area contributed by atoms with Gasteiger partial charge in [0.25, 0.3) is 0 Å². The van der Waals surface area contributed by atoms with E-state index in [9.17, 15) is 13.2 Å². The van der Waals surface area contributed by atoms with Crippen molar-refractivity contribution in [3.63, 3.8) is 0 Å². The number of rotatable bonds is 0. The molecule has 0 bridgehead atoms. The summed E-state index contributed by atoms with van der Waals surface area (Å²) >= 11 is 0. The first kappa shape index (κ1) is 11.3. The molecule has 0 nitrogen and oxygen atoms in total. The molecule has 1 aliphatic heterocycles. The Morgan fingerprint density at radius 1 is 1.15 bits per heavy atom. The number of hydrogen-bond acceptors (Lipinski definition) is 0. The minimum atomic E-state index is -3.96. The van der Waals surface area contributed by atoms with Gasteiger partial charge in [-0.25, -0.2) is 0 Å². The Kier molecular flexibility index (Phi) is 2.47. The number of hydrogen-bond donors (Lipinski definition) is 1. The summed E-state index contributed by atoms with van der Waals surface area (Å²) in [5.41, 5.74) is 0. The lowest BCUT2D eigenvalue weighted by atomic mass is 10.0. The molecule has 0 radical (unpaired) electrons. The van der Waals surface area contributed by atoms with E-state index in [1.807, 2.05) is 0 Å². The van der Waals surface area contributed by atoms with Crippen LogP contribution >= 0.6 is 9.01 Å². The van der Waals surface area contributed by atoms with Crippen LogP contribution in [0.15, 0.2) is 0 Å². The molecule has 1 heterocycles. The van der Waals surface area contributed by atoms with Crippen LogP contribution in [0.4, 0.5) is 13.2 Å². The molecule has 0 saturated carbocycles. The smallest absolute Gasteiger partial charge is 0.311 e. The molecule has 1 fully saturated rings. The highest BCUT2D eigenvalue weighted by molar-refractivity contribution is 8.63. The van der Waals surface area contributed by atoms with E-state index in [4.69, 9.17) is 0 Å². The molecule has 0 N–H and O–H groups in total. The Labute approximate surface area is 78.9 Å². The van der Waals surface area contributed by atoms with Gasteiger partial charge in [-0.15, -0.1) is 0 Å². The average molecular weight is 214 g/mol. The predicted octanol–water partition coefficient (Wildman–Crippen LogP) is 1.84. The maximum Gasteiger partial charge on any atom is 0.391 e. The van der Waals surface area contributed by atoms with E-state index in [0.717, 1.165) is 11.5 Å². The van der Waals surface area contributed by atoms with Crippen molar-refractivity contribution >= 4 is 16.1 Å². The third-order valence-electron chi connectivity index (χ3n) is 3.08. The van der Waals surface area contributed by atoms with Crippen molar-refractivity contribution in [2.45, 2.75) is 19.0 Å². The van der Waals surface area contributed by atoms with Gasteiger partial charge in [-0.2, -0.15) is 13.2 Å². The largest absolute Gasteiger partial charge is 0.391 e. The van der Waals surface area contributed by atoms with Crippen molar-refractivity contribution < 1.29 is 13.2 Å². The van der Waals surface area contributed by atoms with Gasteiger partial charge in [0.1, 0.15) is 7.12 Å². The van der Waals surface area contributed by atoms with Gasteiger partial charge in [-0.1, -0.05) is 12.5 Å². The summed E-state index contributed by atoms with van der Waals surface area (Å²) in [5, 5.41) is 0. The van der Waals surface area contributed by atoms with E-state index in [2.05, 4.69) is 19.6 Å². The van der Waals surface area contributed by atoms with Crippen LogP contribution in [-0.2, 0) is 0 Å². The van der Waals surface area contributed by atoms with Gasteiger partial charge in [-0.05, 0) is 24.3 Å². The summed E-state index contributed by atoms with van der Waals surface area (Å²) in [6, 6.07) is 0. The van der Waals surface area contributed by atoms with E-state index >= 15 is 0 Å². The fourth-order valence-electron chi connectivity index (χ4n) is 1.85. The van der Waals surface area contributed by atoms with Gasteiger partial charge in [-0.3, -0.25) is 0 Å². The topological polar surface area (TPSA) is 0 Å². The summed E-state index contributed by atoms with van der Waals surface area (Å²) < 4.78 is 37.0. The highest BCUT2D eigenvalue weighted by Gasteiger charge is 2.44. The molecule has 0 atom stereocenters. The summed E-state index contributed by atoms with van der Waals surface area (Å²) in [4.78, 5) is 0. The zero-order valence-corrected chi connectivity index (χ0v) is 9.38. The summed E-state index contributed by atoms with van der Waals surface area (Å²) in [5.74, 6) is 0.577. The first-order valence-electron chi connectivity index (χ1n) is 4.65. The maximum atomic E-state index is 12.3. The van der Waals surface area contributed by atoms with E-state index in [1.54, 1.807) is 0 Å². The van der Waals surface area contributed by atoms with Crippen molar-refractivity contribution in [2.75, 3.05) is 24.0 Å². The second-order valence-corrected chi connectivity index (χ2v) is 13.5. The lowest BCUT2D eigenvalue weighted by Crippen LogP contribution is -2.36. The van der Waals surface area contributed by atoms with Crippen molar-refractivity contribution in [3.8, 4) is 0 Å². The highest BCUT2D eigenvalue weighted by Crippen LogP contribution is 2.63. The summed E-state index contributed by atoms with van der Waals surface area (Å²) in [6.45, 7) is 0. The van der Waals surface area contributed by atoms with Crippen LogP contribution in [0.25, 0.3) is 0 Å². The Morgan fingerprint density at radius 2 is 1.54 bits per heavy atom. The summed E-state index contributed by atoms with van der Waals surface area (Å²) in [6.07, 6.45) is 1.13. The molecule has 1 aliphatic rings. The Hall–Kier alpha value is 0.205. The fourth-order valence-corrected chi connectivity index (χ4v) is 4.61. The molecule has 1 saturated heterocycles. The van der Waals surface area contributed by atoms with Crippen LogP contribution in [0.2, 0.25) is 0 Å². The van der Waals surface area contributed by atoms with Gasteiger partial charge in [0.2, 0.25) is 0 Å². The van der Waals surface area contributed by atoms with Crippen LogP contribution < -0.4 is 0 Å². The van der Waals surface area contributed by atoms with Gasteiger partial charge in [0.05, 0.1) is 5.92 Å². The van der Waals surface area contributed by atoms with E-state index in [-0.39, 0.29) is 0 Å². The third kappa shape index (κ3) is 3.11. The molecule has 0 spiro atoms. The Balaban J connectivity index is 2.59. The molecule has 1 rings (SSSR count). The van der Waals surface area contributed by atoms with Crippen LogP contribution in [-0.4, -0.2) is 37.3 Å². The first-order valence-corrected chi connectivity index (χ1v) is 8.59. The zero-order chi connectivity index (χ0) is 10.4. The van der Waals surface area contributed by atoms with Crippen LogP contribution in [0.5, 0.6) is 0 Å². The number of halogens is 3. The van der Waals surface area contributed by atoms with E-state index in [0.29, 0.717) is 12.8 Å². The molecule has 5 heteroatoms. The van der Waals surface area contributed by atoms with Crippen LogP contribution in [0, 0.1) is 5.92 Å². The zero-order valence-electron chi connectivity index (χ0n) is 8.49. The minimum Gasteiger partial charge on any atom is -0.311 e. The van der Waals surface area contributed by atoms with Crippen molar-refractivity contribution in [1.82, 2.24) is 0 Å². The Morgan fingerprint density at radius 3 is 1.85 bits per heavy atom. The molecule has 0 amide bonds. The minimum absolute atomic E-state index is 0.352. The van der Waals surface area contributed by atoms with E-state index < -0.39 is 21.1 Å². The van der Waals surface area contributed by atoms with Crippen molar-refractivity contribution in [2.24, 2.45) is 5.92 Å². The molecular formula is C8H18BF3S. The SMILES string of the molecule is B[SH]1(C)(C)CCC(C(F)(F)F)CC1.